The number of piperazine rings is 1. The molecule has 1 atom stereocenters. The summed E-state index contributed by atoms with van der Waals surface area (Å²) < 4.78 is 14.0. The van der Waals surface area contributed by atoms with Crippen LogP contribution in [0.3, 0.4) is 0 Å². The van der Waals surface area contributed by atoms with Crippen molar-refractivity contribution in [3.8, 4) is 0 Å². The van der Waals surface area contributed by atoms with Gasteiger partial charge < -0.3 is 5.32 Å². The molecule has 0 aromatic heterocycles. The number of nitrogens with one attached hydrogen (secondary N) is 1. The number of nitrogens with zero attached hydrogens (tertiary/aromatic N) is 1. The number of hydrogen-bond acceptors (Lipinski definition) is 2. The fourth-order valence-electron chi connectivity index (χ4n) is 3.56. The van der Waals surface area contributed by atoms with E-state index in [-0.39, 0.29) is 11.4 Å². The van der Waals surface area contributed by atoms with E-state index in [1.807, 2.05) is 6.07 Å². The van der Waals surface area contributed by atoms with E-state index >= 15 is 0 Å². The maximum atomic E-state index is 14.0. The molecular weight excluding hydrogens is 275 g/mol. The van der Waals surface area contributed by atoms with Crippen LogP contribution < -0.4 is 5.32 Å². The van der Waals surface area contributed by atoms with Gasteiger partial charge in [0, 0.05) is 41.8 Å². The highest BCUT2D eigenvalue weighted by Gasteiger charge is 2.39. The van der Waals surface area contributed by atoms with Crippen molar-refractivity contribution in [2.24, 2.45) is 0 Å². The van der Waals surface area contributed by atoms with Gasteiger partial charge in [-0.25, -0.2) is 4.39 Å². The van der Waals surface area contributed by atoms with Crippen molar-refractivity contribution in [1.82, 2.24) is 10.2 Å². The van der Waals surface area contributed by atoms with Crippen LogP contribution in [0.1, 0.15) is 38.2 Å². The van der Waals surface area contributed by atoms with E-state index in [4.69, 9.17) is 11.6 Å². The molecule has 2 fully saturated rings. The lowest BCUT2D eigenvalue weighted by molar-refractivity contribution is 0.0817. The molecule has 2 aliphatic rings. The molecule has 1 unspecified atom stereocenters. The molecule has 0 amide bonds. The number of halogens is 2. The van der Waals surface area contributed by atoms with Crippen LogP contribution in [0.2, 0.25) is 5.02 Å². The van der Waals surface area contributed by atoms with Crippen LogP contribution in [0.4, 0.5) is 4.39 Å². The smallest absolute Gasteiger partial charge is 0.129 e. The zero-order valence-corrected chi connectivity index (χ0v) is 12.7. The van der Waals surface area contributed by atoms with Gasteiger partial charge in [0.05, 0.1) is 0 Å². The van der Waals surface area contributed by atoms with E-state index in [0.717, 1.165) is 18.7 Å². The van der Waals surface area contributed by atoms with Gasteiger partial charge in [-0.2, -0.15) is 0 Å². The van der Waals surface area contributed by atoms with Crippen LogP contribution in [-0.2, 0) is 6.54 Å². The van der Waals surface area contributed by atoms with E-state index in [1.165, 1.54) is 31.7 Å². The van der Waals surface area contributed by atoms with Gasteiger partial charge in [-0.3, -0.25) is 4.90 Å². The summed E-state index contributed by atoms with van der Waals surface area (Å²) in [6, 6.07) is 5.44. The first kappa shape index (κ1) is 14.3. The van der Waals surface area contributed by atoms with Crippen molar-refractivity contribution >= 4 is 11.6 Å². The summed E-state index contributed by atoms with van der Waals surface area (Å²) in [7, 11) is 0. The zero-order valence-electron chi connectivity index (χ0n) is 12.0. The first-order chi connectivity index (χ1) is 9.58. The van der Waals surface area contributed by atoms with Crippen LogP contribution in [0.5, 0.6) is 0 Å². The highest BCUT2D eigenvalue weighted by atomic mass is 35.5. The Balaban J connectivity index is 1.74. The Bertz CT molecular complexity index is 485. The predicted molar refractivity (Wildman–Crippen MR) is 80.5 cm³/mol. The predicted octanol–water partition coefficient (Wildman–Crippen LogP) is 3.59. The fourth-order valence-corrected chi connectivity index (χ4v) is 3.72. The molecular formula is C16H22ClFN2. The van der Waals surface area contributed by atoms with E-state index in [1.54, 1.807) is 6.07 Å². The third kappa shape index (κ3) is 2.85. The summed E-state index contributed by atoms with van der Waals surface area (Å²) in [5.74, 6) is -0.191. The van der Waals surface area contributed by atoms with Gasteiger partial charge in [0.15, 0.2) is 0 Å². The standard InChI is InChI=1S/C16H22ClFN2/c1-12-9-19-16(6-2-3-7-16)11-20(12)10-13-4-5-14(17)8-15(13)18/h4-5,8,12,19H,2-3,6-7,9-11H2,1H3. The van der Waals surface area contributed by atoms with E-state index in [9.17, 15) is 4.39 Å². The Morgan fingerprint density at radius 2 is 2.15 bits per heavy atom. The molecule has 0 radical (unpaired) electrons. The molecule has 1 aliphatic heterocycles. The molecule has 1 N–H and O–H groups in total. The van der Waals surface area contributed by atoms with E-state index in [0.29, 0.717) is 17.6 Å². The largest absolute Gasteiger partial charge is 0.308 e. The van der Waals surface area contributed by atoms with Crippen LogP contribution in [0.15, 0.2) is 18.2 Å². The first-order valence-corrected chi connectivity index (χ1v) is 7.89. The maximum absolute atomic E-state index is 14.0. The lowest BCUT2D eigenvalue weighted by atomic mass is 9.92. The van der Waals surface area contributed by atoms with Gasteiger partial charge in [-0.15, -0.1) is 0 Å². The second-order valence-corrected chi connectivity index (χ2v) is 6.79. The molecule has 110 valence electrons. The van der Waals surface area contributed by atoms with Crippen LogP contribution in [0.25, 0.3) is 0 Å². The SMILES string of the molecule is CC1CNC2(CCCC2)CN1Cc1ccc(Cl)cc1F. The van der Waals surface area contributed by atoms with Gasteiger partial charge in [-0.05, 0) is 31.9 Å². The van der Waals surface area contributed by atoms with Gasteiger partial charge >= 0.3 is 0 Å². The zero-order chi connectivity index (χ0) is 14.2. The molecule has 3 rings (SSSR count). The highest BCUT2D eigenvalue weighted by Crippen LogP contribution is 2.33. The molecule has 1 aliphatic carbocycles. The highest BCUT2D eigenvalue weighted by molar-refractivity contribution is 6.30. The molecule has 1 saturated carbocycles. The molecule has 0 bridgehead atoms. The summed E-state index contributed by atoms with van der Waals surface area (Å²) in [4.78, 5) is 2.41. The minimum atomic E-state index is -0.191. The number of rotatable bonds is 2. The van der Waals surface area contributed by atoms with Crippen molar-refractivity contribution in [1.29, 1.82) is 0 Å². The molecule has 1 aromatic carbocycles. The van der Waals surface area contributed by atoms with Crippen LogP contribution >= 0.6 is 11.6 Å². The summed E-state index contributed by atoms with van der Waals surface area (Å²) in [6.45, 7) is 4.90. The molecule has 1 aromatic rings. The molecule has 1 heterocycles. The minimum Gasteiger partial charge on any atom is -0.308 e. The Morgan fingerprint density at radius 3 is 2.85 bits per heavy atom. The molecule has 1 spiro atoms. The van der Waals surface area contributed by atoms with Crippen molar-refractivity contribution in [2.45, 2.75) is 50.7 Å². The van der Waals surface area contributed by atoms with Crippen LogP contribution in [-0.4, -0.2) is 29.6 Å². The number of hydrogen-bond donors (Lipinski definition) is 1. The summed E-state index contributed by atoms with van der Waals surface area (Å²) in [6.07, 6.45) is 5.12. The lowest BCUT2D eigenvalue weighted by Gasteiger charge is -2.45. The Morgan fingerprint density at radius 1 is 1.40 bits per heavy atom. The van der Waals surface area contributed by atoms with Crippen molar-refractivity contribution in [3.63, 3.8) is 0 Å². The summed E-state index contributed by atoms with van der Waals surface area (Å²) in [5, 5.41) is 4.19. The average Bonchev–Trinajstić information content (AvgIpc) is 2.86. The molecule has 4 heteroatoms. The third-order valence-corrected chi connectivity index (χ3v) is 5.09. The monoisotopic (exact) mass is 296 g/mol. The van der Waals surface area contributed by atoms with E-state index < -0.39 is 0 Å². The molecule has 2 nitrogen and oxygen atoms in total. The van der Waals surface area contributed by atoms with Gasteiger partial charge in [0.2, 0.25) is 0 Å². The normalized spacial score (nSPS) is 26.2. The quantitative estimate of drug-likeness (QED) is 0.897. The maximum Gasteiger partial charge on any atom is 0.129 e. The molecule has 20 heavy (non-hydrogen) atoms. The van der Waals surface area contributed by atoms with E-state index in [2.05, 4.69) is 17.1 Å². The van der Waals surface area contributed by atoms with Gasteiger partial charge in [0.25, 0.3) is 0 Å². The Hall–Kier alpha value is -0.640. The fraction of sp³-hybridized carbons (Fsp3) is 0.625. The Labute approximate surface area is 125 Å². The van der Waals surface area contributed by atoms with Crippen molar-refractivity contribution in [2.75, 3.05) is 13.1 Å². The molecule has 1 saturated heterocycles. The van der Waals surface area contributed by atoms with Crippen molar-refractivity contribution in [3.05, 3.63) is 34.6 Å². The van der Waals surface area contributed by atoms with Crippen LogP contribution in [0, 0.1) is 5.82 Å². The van der Waals surface area contributed by atoms with Crippen molar-refractivity contribution < 1.29 is 4.39 Å². The minimum absolute atomic E-state index is 0.191. The average molecular weight is 297 g/mol. The second-order valence-electron chi connectivity index (χ2n) is 6.36. The topological polar surface area (TPSA) is 15.3 Å². The Kier molecular flexibility index (Phi) is 4.02. The second kappa shape index (κ2) is 5.63. The summed E-state index contributed by atoms with van der Waals surface area (Å²) in [5.41, 5.74) is 1.02. The summed E-state index contributed by atoms with van der Waals surface area (Å²) >= 11 is 5.82. The van der Waals surface area contributed by atoms with Gasteiger partial charge in [-0.1, -0.05) is 30.5 Å². The first-order valence-electron chi connectivity index (χ1n) is 7.51. The number of benzene rings is 1. The third-order valence-electron chi connectivity index (χ3n) is 4.85. The lowest BCUT2D eigenvalue weighted by Crippen LogP contribution is -2.62. The van der Waals surface area contributed by atoms with Gasteiger partial charge in [0.1, 0.15) is 5.82 Å².